The van der Waals surface area contributed by atoms with Crippen molar-refractivity contribution < 1.29 is 14.7 Å². The van der Waals surface area contributed by atoms with E-state index in [1.807, 2.05) is 16.8 Å². The average molecular weight is 296 g/mol. The minimum Gasteiger partial charge on any atom is -0.481 e. The SMILES string of the molecule is O=C(NCc1ccsc1)NCC1CCCCC1C(=O)O. The lowest BCUT2D eigenvalue weighted by atomic mass is 9.79. The molecule has 0 spiro atoms. The standard InChI is InChI=1S/C14H20N2O3S/c17-13(18)12-4-2-1-3-11(12)8-16-14(19)15-7-10-5-6-20-9-10/h5-6,9,11-12H,1-4,7-8H2,(H,17,18)(H2,15,16,19). The highest BCUT2D eigenvalue weighted by Gasteiger charge is 2.30. The predicted molar refractivity (Wildman–Crippen MR) is 77.6 cm³/mol. The van der Waals surface area contributed by atoms with Gasteiger partial charge in [0.25, 0.3) is 0 Å². The summed E-state index contributed by atoms with van der Waals surface area (Å²) in [7, 11) is 0. The van der Waals surface area contributed by atoms with Crippen LogP contribution in [0.2, 0.25) is 0 Å². The zero-order chi connectivity index (χ0) is 14.4. The first-order chi connectivity index (χ1) is 9.66. The number of carbonyl (C=O) groups is 2. The summed E-state index contributed by atoms with van der Waals surface area (Å²) in [4.78, 5) is 22.9. The highest BCUT2D eigenvalue weighted by Crippen LogP contribution is 2.29. The number of urea groups is 1. The van der Waals surface area contributed by atoms with Crippen molar-refractivity contribution in [2.45, 2.75) is 32.2 Å². The first-order valence-electron chi connectivity index (χ1n) is 6.92. The van der Waals surface area contributed by atoms with E-state index in [2.05, 4.69) is 10.6 Å². The molecule has 1 fully saturated rings. The second-order valence-corrected chi connectivity index (χ2v) is 5.96. The van der Waals surface area contributed by atoms with Crippen LogP contribution in [0.4, 0.5) is 4.79 Å². The number of hydrogen-bond donors (Lipinski definition) is 3. The van der Waals surface area contributed by atoms with Gasteiger partial charge < -0.3 is 15.7 Å². The Bertz CT molecular complexity index is 447. The lowest BCUT2D eigenvalue weighted by molar-refractivity contribution is -0.144. The van der Waals surface area contributed by atoms with Gasteiger partial charge in [0, 0.05) is 13.1 Å². The van der Waals surface area contributed by atoms with Gasteiger partial charge in [0.05, 0.1) is 5.92 Å². The van der Waals surface area contributed by atoms with Crippen molar-refractivity contribution in [1.82, 2.24) is 10.6 Å². The third-order valence-corrected chi connectivity index (χ3v) is 4.52. The molecule has 2 rings (SSSR count). The second kappa shape index (κ2) is 7.28. The Hall–Kier alpha value is -1.56. The summed E-state index contributed by atoms with van der Waals surface area (Å²) in [6, 6.07) is 1.73. The van der Waals surface area contributed by atoms with Gasteiger partial charge in [-0.1, -0.05) is 12.8 Å². The van der Waals surface area contributed by atoms with Gasteiger partial charge in [-0.05, 0) is 41.1 Å². The van der Waals surface area contributed by atoms with Gasteiger partial charge in [-0.25, -0.2) is 4.79 Å². The summed E-state index contributed by atoms with van der Waals surface area (Å²) >= 11 is 1.59. The molecular formula is C14H20N2O3S. The van der Waals surface area contributed by atoms with Crippen molar-refractivity contribution in [2.75, 3.05) is 6.54 Å². The van der Waals surface area contributed by atoms with E-state index in [0.29, 0.717) is 13.1 Å². The van der Waals surface area contributed by atoms with Gasteiger partial charge in [0.15, 0.2) is 0 Å². The Morgan fingerprint density at radius 3 is 2.80 bits per heavy atom. The van der Waals surface area contributed by atoms with Gasteiger partial charge in [0.1, 0.15) is 0 Å². The molecule has 0 radical (unpaired) electrons. The van der Waals surface area contributed by atoms with E-state index in [0.717, 1.165) is 31.2 Å². The third-order valence-electron chi connectivity index (χ3n) is 3.78. The van der Waals surface area contributed by atoms with Crippen LogP contribution in [0.25, 0.3) is 0 Å². The Morgan fingerprint density at radius 2 is 2.10 bits per heavy atom. The molecular weight excluding hydrogens is 276 g/mol. The zero-order valence-corrected chi connectivity index (χ0v) is 12.1. The van der Waals surface area contributed by atoms with Crippen LogP contribution < -0.4 is 10.6 Å². The van der Waals surface area contributed by atoms with Gasteiger partial charge in [0.2, 0.25) is 0 Å². The first-order valence-corrected chi connectivity index (χ1v) is 7.86. The number of hydrogen-bond acceptors (Lipinski definition) is 3. The lowest BCUT2D eigenvalue weighted by Gasteiger charge is -2.28. The summed E-state index contributed by atoms with van der Waals surface area (Å²) in [5.74, 6) is -1.01. The third kappa shape index (κ3) is 4.23. The van der Waals surface area contributed by atoms with Crippen molar-refractivity contribution in [3.63, 3.8) is 0 Å². The maximum absolute atomic E-state index is 11.7. The molecule has 1 aromatic heterocycles. The summed E-state index contributed by atoms with van der Waals surface area (Å²) in [5.41, 5.74) is 1.08. The summed E-state index contributed by atoms with van der Waals surface area (Å²) in [6.07, 6.45) is 3.62. The number of carboxylic acid groups (broad SMARTS) is 1. The van der Waals surface area contributed by atoms with Crippen LogP contribution in [0.15, 0.2) is 16.8 Å². The van der Waals surface area contributed by atoms with E-state index in [9.17, 15) is 14.7 Å². The number of carbonyl (C=O) groups excluding carboxylic acids is 1. The molecule has 2 unspecified atom stereocenters. The van der Waals surface area contributed by atoms with Crippen molar-refractivity contribution in [2.24, 2.45) is 11.8 Å². The number of aliphatic carboxylic acids is 1. The van der Waals surface area contributed by atoms with Crippen LogP contribution in [0, 0.1) is 11.8 Å². The van der Waals surface area contributed by atoms with Gasteiger partial charge >= 0.3 is 12.0 Å². The summed E-state index contributed by atoms with van der Waals surface area (Å²) in [6.45, 7) is 0.939. The fourth-order valence-corrected chi connectivity index (χ4v) is 3.31. The van der Waals surface area contributed by atoms with E-state index in [1.165, 1.54) is 0 Å². The first kappa shape index (κ1) is 14.8. The normalized spacial score (nSPS) is 22.2. The van der Waals surface area contributed by atoms with Crippen molar-refractivity contribution in [3.05, 3.63) is 22.4 Å². The Labute approximate surface area is 122 Å². The van der Waals surface area contributed by atoms with Crippen molar-refractivity contribution in [3.8, 4) is 0 Å². The fourth-order valence-electron chi connectivity index (χ4n) is 2.64. The minimum absolute atomic E-state index is 0.0492. The number of nitrogens with one attached hydrogen (secondary N) is 2. The van der Waals surface area contributed by atoms with E-state index in [-0.39, 0.29) is 17.9 Å². The number of amides is 2. The topological polar surface area (TPSA) is 78.4 Å². The number of thiophene rings is 1. The van der Waals surface area contributed by atoms with Crippen molar-refractivity contribution >= 4 is 23.3 Å². The minimum atomic E-state index is -0.741. The highest BCUT2D eigenvalue weighted by molar-refractivity contribution is 7.07. The van der Waals surface area contributed by atoms with E-state index in [4.69, 9.17) is 0 Å². The van der Waals surface area contributed by atoms with Crippen LogP contribution in [0.5, 0.6) is 0 Å². The molecule has 1 saturated carbocycles. The zero-order valence-electron chi connectivity index (χ0n) is 11.3. The largest absolute Gasteiger partial charge is 0.481 e. The molecule has 0 saturated heterocycles. The summed E-state index contributed by atoms with van der Waals surface area (Å²) < 4.78 is 0. The molecule has 2 amide bonds. The van der Waals surface area contributed by atoms with E-state index in [1.54, 1.807) is 11.3 Å². The predicted octanol–water partition coefficient (Wildman–Crippen LogP) is 2.44. The highest BCUT2D eigenvalue weighted by atomic mass is 32.1. The fraction of sp³-hybridized carbons (Fsp3) is 0.571. The Kier molecular flexibility index (Phi) is 5.40. The molecule has 1 aromatic rings. The maximum atomic E-state index is 11.7. The second-order valence-electron chi connectivity index (χ2n) is 5.18. The van der Waals surface area contributed by atoms with E-state index < -0.39 is 5.97 Å². The molecule has 6 heteroatoms. The molecule has 2 atom stereocenters. The quantitative estimate of drug-likeness (QED) is 0.781. The molecule has 0 aromatic carbocycles. The van der Waals surface area contributed by atoms with Crippen LogP contribution >= 0.6 is 11.3 Å². The summed E-state index contributed by atoms with van der Waals surface area (Å²) in [5, 5.41) is 18.7. The molecule has 110 valence electrons. The van der Waals surface area contributed by atoms with Crippen molar-refractivity contribution in [1.29, 1.82) is 0 Å². The lowest BCUT2D eigenvalue weighted by Crippen LogP contribution is -2.41. The molecule has 1 aliphatic carbocycles. The molecule has 0 aliphatic heterocycles. The van der Waals surface area contributed by atoms with Gasteiger partial charge in [-0.2, -0.15) is 11.3 Å². The molecule has 5 nitrogen and oxygen atoms in total. The number of carboxylic acids is 1. The number of rotatable bonds is 5. The molecule has 0 bridgehead atoms. The van der Waals surface area contributed by atoms with Crippen LogP contribution in [-0.4, -0.2) is 23.7 Å². The molecule has 20 heavy (non-hydrogen) atoms. The smallest absolute Gasteiger partial charge is 0.315 e. The molecule has 3 N–H and O–H groups in total. The van der Waals surface area contributed by atoms with E-state index >= 15 is 0 Å². The molecule has 1 heterocycles. The van der Waals surface area contributed by atoms with Crippen LogP contribution in [0.1, 0.15) is 31.2 Å². The van der Waals surface area contributed by atoms with Crippen LogP contribution in [0.3, 0.4) is 0 Å². The Morgan fingerprint density at radius 1 is 1.30 bits per heavy atom. The van der Waals surface area contributed by atoms with Gasteiger partial charge in [-0.3, -0.25) is 4.79 Å². The van der Waals surface area contributed by atoms with Gasteiger partial charge in [-0.15, -0.1) is 0 Å². The Balaban J connectivity index is 1.72. The molecule has 1 aliphatic rings. The average Bonchev–Trinajstić information content (AvgIpc) is 2.96. The van der Waals surface area contributed by atoms with Crippen LogP contribution in [-0.2, 0) is 11.3 Å². The maximum Gasteiger partial charge on any atom is 0.315 e. The monoisotopic (exact) mass is 296 g/mol.